The van der Waals surface area contributed by atoms with E-state index in [4.69, 9.17) is 0 Å². The van der Waals surface area contributed by atoms with Crippen LogP contribution in [-0.4, -0.2) is 34.3 Å². The number of aromatic nitrogens is 2. The first-order valence-electron chi connectivity index (χ1n) is 6.07. The van der Waals surface area contributed by atoms with E-state index >= 15 is 0 Å². The van der Waals surface area contributed by atoms with Gasteiger partial charge in [0.25, 0.3) is 0 Å². The van der Waals surface area contributed by atoms with Crippen molar-refractivity contribution in [1.82, 2.24) is 9.97 Å². The Morgan fingerprint density at radius 3 is 3.06 bits per heavy atom. The Hall–Kier alpha value is -1.75. The monoisotopic (exact) mass is 247 g/mol. The van der Waals surface area contributed by atoms with Gasteiger partial charge in [0.2, 0.25) is 0 Å². The van der Waals surface area contributed by atoms with Gasteiger partial charge in [0.1, 0.15) is 18.0 Å². The molecule has 1 aromatic carbocycles. The van der Waals surface area contributed by atoms with E-state index in [1.54, 1.807) is 6.07 Å². The maximum atomic E-state index is 13.2. The second-order valence-corrected chi connectivity index (χ2v) is 4.60. The van der Waals surface area contributed by atoms with E-state index < -0.39 is 0 Å². The van der Waals surface area contributed by atoms with Gasteiger partial charge in [0, 0.05) is 24.5 Å². The van der Waals surface area contributed by atoms with Crippen molar-refractivity contribution in [2.45, 2.75) is 18.9 Å². The number of nitrogens with zero attached hydrogens (tertiary/aromatic N) is 3. The summed E-state index contributed by atoms with van der Waals surface area (Å²) in [4.78, 5) is 10.4. The molecule has 5 heteroatoms. The highest BCUT2D eigenvalue weighted by Crippen LogP contribution is 2.25. The number of halogens is 1. The Bertz CT molecular complexity index is 575. The maximum absolute atomic E-state index is 13.2. The van der Waals surface area contributed by atoms with Crippen LogP contribution in [0.1, 0.15) is 12.8 Å². The van der Waals surface area contributed by atoms with Gasteiger partial charge in [-0.15, -0.1) is 0 Å². The minimum atomic E-state index is -0.316. The highest BCUT2D eigenvalue weighted by Gasteiger charge is 2.20. The number of fused-ring (bicyclic) bond motifs is 1. The Morgan fingerprint density at radius 1 is 1.33 bits per heavy atom. The number of aliphatic hydroxyl groups is 1. The number of piperidine rings is 1. The number of hydrogen-bond acceptors (Lipinski definition) is 4. The topological polar surface area (TPSA) is 49.2 Å². The lowest BCUT2D eigenvalue weighted by molar-refractivity contribution is 0.154. The molecule has 1 unspecified atom stereocenters. The van der Waals surface area contributed by atoms with Crippen LogP contribution in [0.25, 0.3) is 10.9 Å². The van der Waals surface area contributed by atoms with Crippen molar-refractivity contribution in [3.8, 4) is 0 Å². The van der Waals surface area contributed by atoms with Crippen LogP contribution in [0.5, 0.6) is 0 Å². The summed E-state index contributed by atoms with van der Waals surface area (Å²) < 4.78 is 13.2. The van der Waals surface area contributed by atoms with Crippen LogP contribution in [0.3, 0.4) is 0 Å². The third-order valence-electron chi connectivity index (χ3n) is 3.27. The zero-order valence-electron chi connectivity index (χ0n) is 9.88. The molecule has 0 amide bonds. The summed E-state index contributed by atoms with van der Waals surface area (Å²) in [6.45, 7) is 1.43. The van der Waals surface area contributed by atoms with Crippen LogP contribution in [-0.2, 0) is 0 Å². The van der Waals surface area contributed by atoms with Gasteiger partial charge >= 0.3 is 0 Å². The minimum absolute atomic E-state index is 0.300. The number of aliphatic hydroxyl groups excluding tert-OH is 1. The van der Waals surface area contributed by atoms with Crippen LogP contribution < -0.4 is 4.90 Å². The molecule has 0 saturated carbocycles. The van der Waals surface area contributed by atoms with Gasteiger partial charge in [-0.3, -0.25) is 0 Å². The van der Waals surface area contributed by atoms with Crippen LogP contribution in [0, 0.1) is 5.82 Å². The lowest BCUT2D eigenvalue weighted by Crippen LogP contribution is -2.38. The number of anilines is 1. The molecule has 0 spiro atoms. The van der Waals surface area contributed by atoms with Gasteiger partial charge in [0.05, 0.1) is 11.6 Å². The molecule has 1 atom stereocenters. The quantitative estimate of drug-likeness (QED) is 0.833. The molecular weight excluding hydrogens is 233 g/mol. The van der Waals surface area contributed by atoms with E-state index in [0.717, 1.165) is 30.6 Å². The first-order chi connectivity index (χ1) is 8.74. The summed E-state index contributed by atoms with van der Waals surface area (Å²) in [6, 6.07) is 4.51. The molecule has 3 rings (SSSR count). The van der Waals surface area contributed by atoms with Crippen LogP contribution in [0.2, 0.25) is 0 Å². The minimum Gasteiger partial charge on any atom is -0.391 e. The largest absolute Gasteiger partial charge is 0.391 e. The van der Waals surface area contributed by atoms with Crippen molar-refractivity contribution in [3.63, 3.8) is 0 Å². The highest BCUT2D eigenvalue weighted by atomic mass is 19.1. The lowest BCUT2D eigenvalue weighted by atomic mass is 10.1. The van der Waals surface area contributed by atoms with Crippen LogP contribution in [0.4, 0.5) is 10.2 Å². The van der Waals surface area contributed by atoms with E-state index in [1.165, 1.54) is 18.5 Å². The molecule has 4 nitrogen and oxygen atoms in total. The van der Waals surface area contributed by atoms with E-state index in [-0.39, 0.29) is 11.9 Å². The second kappa shape index (κ2) is 4.49. The molecular formula is C13H14FN3O. The normalized spacial score (nSPS) is 20.3. The average molecular weight is 247 g/mol. The fourth-order valence-electron chi connectivity index (χ4n) is 2.42. The number of benzene rings is 1. The van der Waals surface area contributed by atoms with E-state index in [2.05, 4.69) is 9.97 Å². The molecule has 1 saturated heterocycles. The SMILES string of the molecule is OC1CCCN(c2ncnc3cc(F)ccc23)C1. The molecule has 0 radical (unpaired) electrons. The number of rotatable bonds is 1. The third kappa shape index (κ3) is 2.01. The Morgan fingerprint density at radius 2 is 2.22 bits per heavy atom. The van der Waals surface area contributed by atoms with Gasteiger partial charge in [-0.25, -0.2) is 14.4 Å². The van der Waals surface area contributed by atoms with Crippen molar-refractivity contribution in [2.24, 2.45) is 0 Å². The predicted octanol–water partition coefficient (Wildman–Crippen LogP) is 1.73. The van der Waals surface area contributed by atoms with Crippen molar-refractivity contribution in [3.05, 3.63) is 30.3 Å². The summed E-state index contributed by atoms with van der Waals surface area (Å²) in [5.74, 6) is 0.476. The van der Waals surface area contributed by atoms with Gasteiger partial charge in [-0.2, -0.15) is 0 Å². The van der Waals surface area contributed by atoms with Crippen molar-refractivity contribution in [2.75, 3.05) is 18.0 Å². The third-order valence-corrected chi connectivity index (χ3v) is 3.27. The summed E-state index contributed by atoms with van der Waals surface area (Å²) in [6.07, 6.45) is 2.89. The summed E-state index contributed by atoms with van der Waals surface area (Å²) in [5.41, 5.74) is 0.597. The van der Waals surface area contributed by atoms with Crippen LogP contribution in [0.15, 0.2) is 24.5 Å². The van der Waals surface area contributed by atoms with Crippen molar-refractivity contribution >= 4 is 16.7 Å². The zero-order valence-corrected chi connectivity index (χ0v) is 9.88. The molecule has 1 N–H and O–H groups in total. The molecule has 0 aliphatic carbocycles. The first-order valence-corrected chi connectivity index (χ1v) is 6.07. The van der Waals surface area contributed by atoms with Gasteiger partial charge < -0.3 is 10.0 Å². The Kier molecular flexibility index (Phi) is 2.83. The van der Waals surface area contributed by atoms with E-state index in [1.807, 2.05) is 4.90 Å². The molecule has 94 valence electrons. The van der Waals surface area contributed by atoms with Crippen molar-refractivity contribution < 1.29 is 9.50 Å². The molecule has 1 aromatic heterocycles. The molecule has 1 aliphatic heterocycles. The summed E-state index contributed by atoms with van der Waals surface area (Å²) >= 11 is 0. The van der Waals surface area contributed by atoms with Crippen LogP contribution >= 0.6 is 0 Å². The predicted molar refractivity (Wildman–Crippen MR) is 66.9 cm³/mol. The molecule has 2 aromatic rings. The fourth-order valence-corrected chi connectivity index (χ4v) is 2.42. The average Bonchev–Trinajstić information content (AvgIpc) is 2.37. The summed E-state index contributed by atoms with van der Waals surface area (Å²) in [5, 5.41) is 10.5. The molecule has 2 heterocycles. The number of hydrogen-bond donors (Lipinski definition) is 1. The second-order valence-electron chi connectivity index (χ2n) is 4.60. The molecule has 18 heavy (non-hydrogen) atoms. The first kappa shape index (κ1) is 11.3. The standard InChI is InChI=1S/C13H14FN3O/c14-9-3-4-11-12(6-9)15-8-16-13(11)17-5-1-2-10(18)7-17/h3-4,6,8,10,18H,1-2,5,7H2. The summed E-state index contributed by atoms with van der Waals surface area (Å²) in [7, 11) is 0. The Labute approximate surface area is 104 Å². The van der Waals surface area contributed by atoms with E-state index in [9.17, 15) is 9.50 Å². The van der Waals surface area contributed by atoms with Gasteiger partial charge in [0.15, 0.2) is 0 Å². The smallest absolute Gasteiger partial charge is 0.139 e. The van der Waals surface area contributed by atoms with Crippen molar-refractivity contribution in [1.29, 1.82) is 0 Å². The van der Waals surface area contributed by atoms with Gasteiger partial charge in [-0.05, 0) is 25.0 Å². The fraction of sp³-hybridized carbons (Fsp3) is 0.385. The van der Waals surface area contributed by atoms with Gasteiger partial charge in [-0.1, -0.05) is 0 Å². The zero-order chi connectivity index (χ0) is 12.5. The molecule has 0 bridgehead atoms. The lowest BCUT2D eigenvalue weighted by Gasteiger charge is -2.31. The Balaban J connectivity index is 2.05. The number of β-amino-alcohol motifs (C(OH)–C–C–N with tert-alkyl or cyclic N) is 1. The van der Waals surface area contributed by atoms with E-state index in [0.29, 0.717) is 12.1 Å². The maximum Gasteiger partial charge on any atom is 0.139 e. The molecule has 1 aliphatic rings. The molecule has 1 fully saturated rings. The highest BCUT2D eigenvalue weighted by molar-refractivity contribution is 5.89.